The van der Waals surface area contributed by atoms with E-state index in [1.54, 1.807) is 30.3 Å². The molecule has 8 nitrogen and oxygen atoms in total. The average Bonchev–Trinajstić information content (AvgIpc) is 3.60. The highest BCUT2D eigenvalue weighted by Crippen LogP contribution is 2.32. The Morgan fingerprint density at radius 2 is 1.85 bits per heavy atom. The van der Waals surface area contributed by atoms with E-state index in [2.05, 4.69) is 27.9 Å². The largest absolute Gasteiger partial charge is 0.506 e. The van der Waals surface area contributed by atoms with Crippen molar-refractivity contribution in [2.45, 2.75) is 98.6 Å². The van der Waals surface area contributed by atoms with Gasteiger partial charge in [-0.1, -0.05) is 78.0 Å². The van der Waals surface area contributed by atoms with Gasteiger partial charge in [0.1, 0.15) is 5.75 Å². The Morgan fingerprint density at radius 3 is 2.51 bits per heavy atom. The molecular formula is C32H46ClN5O3. The Labute approximate surface area is 249 Å². The molecule has 4 rings (SSSR count). The van der Waals surface area contributed by atoms with Crippen molar-refractivity contribution in [3.8, 4) is 5.75 Å². The van der Waals surface area contributed by atoms with Crippen LogP contribution in [0.25, 0.3) is 11.0 Å². The first kappa shape index (κ1) is 32.3. The lowest BCUT2D eigenvalue weighted by molar-refractivity contribution is -0.131. The molecule has 9 heteroatoms. The van der Waals surface area contributed by atoms with E-state index >= 15 is 0 Å². The van der Waals surface area contributed by atoms with Crippen LogP contribution in [0.1, 0.15) is 102 Å². The van der Waals surface area contributed by atoms with E-state index < -0.39 is 5.41 Å². The first-order chi connectivity index (χ1) is 19.6. The van der Waals surface area contributed by atoms with Crippen molar-refractivity contribution >= 4 is 46.1 Å². The minimum Gasteiger partial charge on any atom is -0.506 e. The van der Waals surface area contributed by atoms with E-state index in [-0.39, 0.29) is 23.6 Å². The van der Waals surface area contributed by atoms with Gasteiger partial charge >= 0.3 is 0 Å². The van der Waals surface area contributed by atoms with Gasteiger partial charge in [-0.2, -0.15) is 0 Å². The van der Waals surface area contributed by atoms with Crippen LogP contribution in [0.2, 0.25) is 5.02 Å². The maximum absolute atomic E-state index is 12.9. The number of hydrogen-bond donors (Lipinski definition) is 4. The number of halogens is 1. The van der Waals surface area contributed by atoms with Gasteiger partial charge in [-0.05, 0) is 55.5 Å². The van der Waals surface area contributed by atoms with Crippen molar-refractivity contribution in [1.29, 1.82) is 0 Å². The molecule has 0 spiro atoms. The standard InChI is InChI=1S/C30H40ClN5O3.C2H6/c1-5-7-14-30(3,6-2)28(39)32-18-19-12-13-26(37)24(15-19)35-29-34-23-16-21(22(31)17-25(23)36(29)4)27(38)33-20-10-8-9-11-20;1-2/h12-13,15-17,20,37H,5-11,14,18H2,1-4H3,(H,32,39)(H,33,38)(H,34,35);1-2H3. The normalized spacial score (nSPS) is 14.7. The quantitative estimate of drug-likeness (QED) is 0.174. The molecular weight excluding hydrogens is 538 g/mol. The van der Waals surface area contributed by atoms with Gasteiger partial charge in [0, 0.05) is 25.0 Å². The van der Waals surface area contributed by atoms with Crippen LogP contribution >= 0.6 is 11.6 Å². The Hall–Kier alpha value is -3.26. The number of aromatic hydroxyl groups is 1. The Balaban J connectivity index is 0.00000226. The number of unbranched alkanes of at least 4 members (excludes halogenated alkanes) is 1. The van der Waals surface area contributed by atoms with Gasteiger partial charge in [-0.15, -0.1) is 0 Å². The number of benzene rings is 2. The number of phenols is 1. The highest BCUT2D eigenvalue weighted by molar-refractivity contribution is 6.34. The number of aryl methyl sites for hydroxylation is 1. The molecule has 3 aromatic rings. The van der Waals surface area contributed by atoms with Crippen LogP contribution in [0, 0.1) is 5.41 Å². The van der Waals surface area contributed by atoms with E-state index in [0.717, 1.165) is 62.4 Å². The van der Waals surface area contributed by atoms with Gasteiger partial charge in [0.05, 0.1) is 27.3 Å². The van der Waals surface area contributed by atoms with Crippen molar-refractivity contribution in [1.82, 2.24) is 20.2 Å². The number of anilines is 2. The van der Waals surface area contributed by atoms with Crippen LogP contribution in [0.4, 0.5) is 11.6 Å². The van der Waals surface area contributed by atoms with Gasteiger partial charge < -0.3 is 25.6 Å². The molecule has 0 saturated heterocycles. The summed E-state index contributed by atoms with van der Waals surface area (Å²) in [5.74, 6) is 0.411. The Kier molecular flexibility index (Phi) is 11.5. The molecule has 0 radical (unpaired) electrons. The summed E-state index contributed by atoms with van der Waals surface area (Å²) in [4.78, 5) is 30.5. The number of aromatic nitrogens is 2. The van der Waals surface area contributed by atoms with E-state index in [9.17, 15) is 14.7 Å². The minimum atomic E-state index is -0.394. The monoisotopic (exact) mass is 583 g/mol. The zero-order valence-electron chi connectivity index (χ0n) is 25.4. The zero-order valence-corrected chi connectivity index (χ0v) is 26.1. The van der Waals surface area contributed by atoms with Crippen LogP contribution in [0.3, 0.4) is 0 Å². The maximum Gasteiger partial charge on any atom is 0.253 e. The number of fused-ring (bicyclic) bond motifs is 1. The van der Waals surface area contributed by atoms with Crippen LogP contribution in [-0.2, 0) is 18.4 Å². The lowest BCUT2D eigenvalue weighted by atomic mass is 9.81. The number of imidazole rings is 1. The molecule has 1 heterocycles. The summed E-state index contributed by atoms with van der Waals surface area (Å²) in [5.41, 5.74) is 2.71. The summed E-state index contributed by atoms with van der Waals surface area (Å²) in [6, 6.07) is 8.84. The fourth-order valence-corrected chi connectivity index (χ4v) is 5.40. The number of phenolic OH excluding ortho intramolecular Hbond substituents is 1. The molecule has 4 N–H and O–H groups in total. The van der Waals surface area contributed by atoms with Crippen molar-refractivity contribution in [2.75, 3.05) is 5.32 Å². The molecule has 1 aromatic heterocycles. The lowest BCUT2D eigenvalue weighted by Crippen LogP contribution is -2.38. The number of rotatable bonds is 11. The summed E-state index contributed by atoms with van der Waals surface area (Å²) in [7, 11) is 1.84. The summed E-state index contributed by atoms with van der Waals surface area (Å²) >= 11 is 6.50. The second-order valence-corrected chi connectivity index (χ2v) is 11.4. The molecule has 41 heavy (non-hydrogen) atoms. The molecule has 0 bridgehead atoms. The van der Waals surface area contributed by atoms with E-state index in [0.29, 0.717) is 34.3 Å². The van der Waals surface area contributed by atoms with Crippen molar-refractivity contribution in [2.24, 2.45) is 12.5 Å². The molecule has 1 aliphatic carbocycles. The summed E-state index contributed by atoms with van der Waals surface area (Å²) in [6.45, 7) is 10.6. The highest BCUT2D eigenvalue weighted by Gasteiger charge is 2.30. The second kappa shape index (κ2) is 14.6. The van der Waals surface area contributed by atoms with Gasteiger partial charge in [0.2, 0.25) is 11.9 Å². The summed E-state index contributed by atoms with van der Waals surface area (Å²) < 4.78 is 1.83. The number of carbonyl (C=O) groups excluding carboxylic acids is 2. The number of hydrogen-bond acceptors (Lipinski definition) is 5. The average molecular weight is 584 g/mol. The fourth-order valence-electron chi connectivity index (χ4n) is 5.16. The number of amides is 2. The number of nitrogens with one attached hydrogen (secondary N) is 3. The molecule has 224 valence electrons. The Bertz CT molecular complexity index is 1350. The van der Waals surface area contributed by atoms with Gasteiger partial charge in [0.15, 0.2) is 0 Å². The van der Waals surface area contributed by atoms with Crippen molar-refractivity contribution < 1.29 is 14.7 Å². The first-order valence-electron chi connectivity index (χ1n) is 15.0. The van der Waals surface area contributed by atoms with Gasteiger partial charge in [-0.3, -0.25) is 9.59 Å². The molecule has 1 unspecified atom stereocenters. The number of nitrogens with zero attached hydrogens (tertiary/aromatic N) is 2. The minimum absolute atomic E-state index is 0.0426. The third kappa shape index (κ3) is 7.73. The highest BCUT2D eigenvalue weighted by atomic mass is 35.5. The van der Waals surface area contributed by atoms with Crippen LogP contribution < -0.4 is 16.0 Å². The second-order valence-electron chi connectivity index (χ2n) is 10.9. The molecule has 0 aliphatic heterocycles. The van der Waals surface area contributed by atoms with Crippen molar-refractivity contribution in [3.05, 3.63) is 46.5 Å². The summed E-state index contributed by atoms with van der Waals surface area (Å²) in [5, 5.41) is 20.3. The van der Waals surface area contributed by atoms with Crippen LogP contribution in [-0.4, -0.2) is 32.5 Å². The molecule has 1 atom stereocenters. The zero-order chi connectivity index (χ0) is 30.2. The SMILES string of the molecule is CC.CCCCC(C)(CC)C(=O)NCc1ccc(O)c(Nc2nc3cc(C(=O)NC4CCCC4)c(Cl)cc3n2C)c1. The topological polar surface area (TPSA) is 108 Å². The van der Waals surface area contributed by atoms with Gasteiger partial charge in [-0.25, -0.2) is 4.98 Å². The maximum atomic E-state index is 12.9. The molecule has 1 fully saturated rings. The smallest absolute Gasteiger partial charge is 0.253 e. The summed E-state index contributed by atoms with van der Waals surface area (Å²) in [6.07, 6.45) is 7.95. The third-order valence-corrected chi connectivity index (χ3v) is 8.39. The molecule has 1 aliphatic rings. The number of carbonyl (C=O) groups is 2. The van der Waals surface area contributed by atoms with E-state index in [1.807, 2.05) is 39.3 Å². The van der Waals surface area contributed by atoms with Crippen molar-refractivity contribution in [3.63, 3.8) is 0 Å². The molecule has 1 saturated carbocycles. The van der Waals surface area contributed by atoms with E-state index in [4.69, 9.17) is 11.6 Å². The van der Waals surface area contributed by atoms with Crippen LogP contribution in [0.5, 0.6) is 5.75 Å². The van der Waals surface area contributed by atoms with E-state index in [1.165, 1.54) is 0 Å². The molecule has 2 amide bonds. The van der Waals surface area contributed by atoms with Gasteiger partial charge in [0.25, 0.3) is 5.91 Å². The van der Waals surface area contributed by atoms with Crippen LogP contribution in [0.15, 0.2) is 30.3 Å². The predicted molar refractivity (Wildman–Crippen MR) is 168 cm³/mol. The third-order valence-electron chi connectivity index (χ3n) is 8.08. The Morgan fingerprint density at radius 1 is 1.15 bits per heavy atom. The first-order valence-corrected chi connectivity index (χ1v) is 15.4. The molecule has 2 aromatic carbocycles. The fraction of sp³-hybridized carbons (Fsp3) is 0.531. The predicted octanol–water partition coefficient (Wildman–Crippen LogP) is 7.60. The lowest BCUT2D eigenvalue weighted by Gasteiger charge is -2.27.